The number of rotatable bonds is 5. The van der Waals surface area contributed by atoms with Gasteiger partial charge in [0.2, 0.25) is 0 Å². The van der Waals surface area contributed by atoms with Crippen molar-refractivity contribution in [3.63, 3.8) is 0 Å². The monoisotopic (exact) mass is 347 g/mol. The highest BCUT2D eigenvalue weighted by Crippen LogP contribution is 2.29. The minimum Gasteiger partial charge on any atom is -0.278 e. The van der Waals surface area contributed by atoms with Gasteiger partial charge in [0, 0.05) is 10.7 Å². The van der Waals surface area contributed by atoms with Crippen molar-refractivity contribution in [3.05, 3.63) is 23.3 Å². The van der Waals surface area contributed by atoms with Gasteiger partial charge in [0.15, 0.2) is 0 Å². The highest BCUT2D eigenvalue weighted by atomic mass is 35.7. The van der Waals surface area contributed by atoms with Crippen LogP contribution >= 0.6 is 10.7 Å². The number of benzene rings is 1. The summed E-state index contributed by atoms with van der Waals surface area (Å²) < 4.78 is 71.4. The van der Waals surface area contributed by atoms with Crippen LogP contribution in [-0.4, -0.2) is 22.6 Å². The van der Waals surface area contributed by atoms with Crippen LogP contribution in [0.2, 0.25) is 0 Å². The van der Waals surface area contributed by atoms with E-state index < -0.39 is 24.8 Å². The fourth-order valence-corrected chi connectivity index (χ4v) is 3.11. The zero-order valence-corrected chi connectivity index (χ0v) is 12.9. The fourth-order valence-electron chi connectivity index (χ4n) is 1.58. The van der Waals surface area contributed by atoms with Crippen molar-refractivity contribution in [2.24, 2.45) is 0 Å². The molecule has 0 aliphatic carbocycles. The van der Waals surface area contributed by atoms with E-state index in [4.69, 9.17) is 10.7 Å². The maximum Gasteiger partial charge on any atom is 0.355 e. The first-order valence-electron chi connectivity index (χ1n) is 5.37. The molecule has 1 N–H and O–H groups in total. The first-order chi connectivity index (χ1) is 8.99. The van der Waals surface area contributed by atoms with Gasteiger partial charge in [0.1, 0.15) is 0 Å². The number of hydrogen-bond donors (Lipinski definition) is 1. The average Bonchev–Trinajstić information content (AvgIpc) is 2.29. The van der Waals surface area contributed by atoms with Crippen molar-refractivity contribution in [2.75, 3.05) is 4.72 Å². The van der Waals surface area contributed by atoms with E-state index in [1.807, 2.05) is 0 Å². The molecule has 0 amide bonds. The van der Waals surface area contributed by atoms with Gasteiger partial charge in [0.25, 0.3) is 19.1 Å². The Labute approximate surface area is 120 Å². The van der Waals surface area contributed by atoms with E-state index in [1.165, 1.54) is 6.92 Å². The van der Waals surface area contributed by atoms with Crippen LogP contribution < -0.4 is 4.72 Å². The molecule has 0 radical (unpaired) electrons. The predicted octanol–water partition coefficient (Wildman–Crippen LogP) is 2.45. The van der Waals surface area contributed by atoms with E-state index in [1.54, 1.807) is 11.6 Å². The molecule has 0 saturated heterocycles. The second-order valence-electron chi connectivity index (χ2n) is 3.97. The van der Waals surface area contributed by atoms with Gasteiger partial charge in [-0.25, -0.2) is 16.8 Å². The summed E-state index contributed by atoms with van der Waals surface area (Å²) in [5.74, 6) is -3.58. The molecule has 5 nitrogen and oxygen atoms in total. The van der Waals surface area contributed by atoms with Crippen LogP contribution in [0.1, 0.15) is 18.1 Å². The molecule has 1 aromatic carbocycles. The van der Waals surface area contributed by atoms with Gasteiger partial charge in [-0.15, -0.1) is 0 Å². The predicted molar refractivity (Wildman–Crippen MR) is 72.1 cm³/mol. The van der Waals surface area contributed by atoms with Crippen LogP contribution in [0.3, 0.4) is 0 Å². The lowest BCUT2D eigenvalue weighted by Crippen LogP contribution is -2.22. The summed E-state index contributed by atoms with van der Waals surface area (Å²) in [6.07, 6.45) is 0.238. The number of halogens is 3. The van der Waals surface area contributed by atoms with Gasteiger partial charge >= 0.3 is 5.76 Å². The van der Waals surface area contributed by atoms with E-state index in [9.17, 15) is 25.6 Å². The van der Waals surface area contributed by atoms with E-state index in [-0.39, 0.29) is 28.1 Å². The Balaban J connectivity index is 3.43. The Kier molecular flexibility index (Phi) is 4.99. The molecule has 0 unspecified atom stereocenters. The van der Waals surface area contributed by atoms with Crippen molar-refractivity contribution in [2.45, 2.75) is 30.9 Å². The Morgan fingerprint density at radius 1 is 1.25 bits per heavy atom. The van der Waals surface area contributed by atoms with E-state index in [0.717, 1.165) is 12.1 Å². The zero-order chi connectivity index (χ0) is 15.7. The lowest BCUT2D eigenvalue weighted by atomic mass is 10.1. The highest BCUT2D eigenvalue weighted by molar-refractivity contribution is 8.13. The van der Waals surface area contributed by atoms with Crippen molar-refractivity contribution >= 4 is 35.4 Å². The van der Waals surface area contributed by atoms with Crippen LogP contribution in [0, 0.1) is 6.92 Å². The SMILES string of the molecule is CCc1cc(S(=O)(=O)Cl)cc(C)c1NS(=O)(=O)C(F)F. The zero-order valence-electron chi connectivity index (χ0n) is 10.5. The molecule has 10 heteroatoms. The average molecular weight is 348 g/mol. The fraction of sp³-hybridized carbons (Fsp3) is 0.400. The van der Waals surface area contributed by atoms with Crippen molar-refractivity contribution in [1.82, 2.24) is 0 Å². The quantitative estimate of drug-likeness (QED) is 0.830. The molecule has 1 rings (SSSR count). The van der Waals surface area contributed by atoms with Gasteiger partial charge in [0.05, 0.1) is 10.6 Å². The molecule has 0 atom stereocenters. The summed E-state index contributed by atoms with van der Waals surface area (Å²) in [6.45, 7) is 3.02. The van der Waals surface area contributed by atoms with Crippen molar-refractivity contribution in [3.8, 4) is 0 Å². The third-order valence-electron chi connectivity index (χ3n) is 2.53. The van der Waals surface area contributed by atoms with Crippen molar-refractivity contribution in [1.29, 1.82) is 0 Å². The van der Waals surface area contributed by atoms with Gasteiger partial charge in [-0.3, -0.25) is 4.72 Å². The van der Waals surface area contributed by atoms with Crippen LogP contribution in [0.25, 0.3) is 0 Å². The summed E-state index contributed by atoms with van der Waals surface area (Å²) in [4.78, 5) is -0.214. The second kappa shape index (κ2) is 5.82. The maximum atomic E-state index is 12.4. The molecule has 0 aromatic heterocycles. The van der Waals surface area contributed by atoms with Gasteiger partial charge in [-0.05, 0) is 36.6 Å². The summed E-state index contributed by atoms with van der Waals surface area (Å²) in [7, 11) is -3.60. The van der Waals surface area contributed by atoms with Crippen LogP contribution in [-0.2, 0) is 25.5 Å². The molecule has 114 valence electrons. The second-order valence-corrected chi connectivity index (χ2v) is 8.19. The van der Waals surface area contributed by atoms with E-state index >= 15 is 0 Å². The lowest BCUT2D eigenvalue weighted by molar-refractivity contribution is 0.236. The van der Waals surface area contributed by atoms with Crippen LogP contribution in [0.4, 0.5) is 14.5 Å². The molecule has 0 heterocycles. The molecular weight excluding hydrogens is 336 g/mol. The molecule has 0 saturated carbocycles. The number of sulfonamides is 1. The Hall–Kier alpha value is -0.930. The number of aryl methyl sites for hydroxylation is 2. The molecule has 0 aliphatic rings. The van der Waals surface area contributed by atoms with Gasteiger partial charge in [-0.2, -0.15) is 8.78 Å². The Morgan fingerprint density at radius 2 is 1.80 bits per heavy atom. The third kappa shape index (κ3) is 3.80. The first-order valence-corrected chi connectivity index (χ1v) is 9.22. The number of hydrogen-bond acceptors (Lipinski definition) is 4. The van der Waals surface area contributed by atoms with Crippen molar-refractivity contribution < 1.29 is 25.6 Å². The van der Waals surface area contributed by atoms with Crippen LogP contribution in [0.5, 0.6) is 0 Å². The van der Waals surface area contributed by atoms with E-state index in [2.05, 4.69) is 0 Å². The smallest absolute Gasteiger partial charge is 0.278 e. The van der Waals surface area contributed by atoms with E-state index in [0.29, 0.717) is 0 Å². The van der Waals surface area contributed by atoms with Gasteiger partial charge in [-0.1, -0.05) is 6.92 Å². The molecular formula is C10H12ClF2NO4S2. The number of nitrogens with one attached hydrogen (secondary N) is 1. The topological polar surface area (TPSA) is 80.3 Å². The Morgan fingerprint density at radius 3 is 2.20 bits per heavy atom. The molecule has 0 bridgehead atoms. The molecule has 1 aromatic rings. The molecule has 0 fully saturated rings. The normalized spacial score (nSPS) is 12.7. The summed E-state index contributed by atoms with van der Waals surface area (Å²) in [6, 6.07) is 2.27. The standard InChI is InChI=1S/C10H12ClF2NO4S2/c1-3-7-5-8(19(11,15)16)4-6(2)9(7)14-20(17,18)10(12)13/h4-5,10,14H,3H2,1-2H3. The minimum absolute atomic E-state index is 0.0585. The summed E-state index contributed by atoms with van der Waals surface area (Å²) >= 11 is 0. The highest BCUT2D eigenvalue weighted by Gasteiger charge is 2.26. The number of anilines is 1. The van der Waals surface area contributed by atoms with Crippen LogP contribution in [0.15, 0.2) is 17.0 Å². The molecule has 0 aliphatic heterocycles. The minimum atomic E-state index is -4.82. The largest absolute Gasteiger partial charge is 0.355 e. The number of alkyl halides is 2. The third-order valence-corrected chi connectivity index (χ3v) is 4.82. The molecule has 0 spiro atoms. The van der Waals surface area contributed by atoms with Gasteiger partial charge < -0.3 is 0 Å². The summed E-state index contributed by atoms with van der Waals surface area (Å²) in [5, 5.41) is 0. The summed E-state index contributed by atoms with van der Waals surface area (Å²) in [5.41, 5.74) is 0.387. The maximum absolute atomic E-state index is 12.4. The molecule has 20 heavy (non-hydrogen) atoms. The first kappa shape index (κ1) is 17.1. The Bertz CT molecular complexity index is 717. The lowest BCUT2D eigenvalue weighted by Gasteiger charge is -2.15.